The van der Waals surface area contributed by atoms with Gasteiger partial charge in [-0.2, -0.15) is 0 Å². The zero-order valence-electron chi connectivity index (χ0n) is 16.2. The third-order valence-corrected chi connectivity index (χ3v) is 5.04. The second-order valence-electron chi connectivity index (χ2n) is 7.35. The molecule has 0 spiro atoms. The van der Waals surface area contributed by atoms with E-state index >= 15 is 0 Å². The summed E-state index contributed by atoms with van der Waals surface area (Å²) in [5.74, 6) is 0.0931. The topological polar surface area (TPSA) is 86.0 Å². The van der Waals surface area contributed by atoms with Crippen LogP contribution in [0.15, 0.2) is 20.7 Å². The van der Waals surface area contributed by atoms with E-state index in [9.17, 15) is 14.4 Å². The lowest BCUT2D eigenvalue weighted by molar-refractivity contribution is -0.119. The highest BCUT2D eigenvalue weighted by Crippen LogP contribution is 2.29. The van der Waals surface area contributed by atoms with Gasteiger partial charge in [-0.1, -0.05) is 13.3 Å². The standard InChI is InChI=1S/C18H26N4O3S/c1-7-8-11-9-19-15-13(16(24)22(6)17(25)21(15)5)14(11)26-10-12(23)20-18(2,3)4/h9H,7-8,10H2,1-6H3,(H,20,23). The molecule has 8 heteroatoms. The van der Waals surface area contributed by atoms with Crippen molar-refractivity contribution >= 4 is 28.7 Å². The second kappa shape index (κ2) is 7.65. The van der Waals surface area contributed by atoms with Crippen molar-refractivity contribution < 1.29 is 4.79 Å². The van der Waals surface area contributed by atoms with E-state index < -0.39 is 5.69 Å². The predicted molar refractivity (Wildman–Crippen MR) is 105 cm³/mol. The van der Waals surface area contributed by atoms with Crippen molar-refractivity contribution in [2.24, 2.45) is 14.1 Å². The first-order valence-corrected chi connectivity index (χ1v) is 9.56. The first kappa shape index (κ1) is 20.2. The molecule has 7 nitrogen and oxygen atoms in total. The smallest absolute Gasteiger partial charge is 0.332 e. The SMILES string of the molecule is CCCc1cnc2c(c1SCC(=O)NC(C)(C)C)c(=O)n(C)c(=O)n2C. The zero-order chi connectivity index (χ0) is 19.6. The lowest BCUT2D eigenvalue weighted by atomic mass is 10.1. The van der Waals surface area contributed by atoms with Crippen LogP contribution in [0.1, 0.15) is 39.7 Å². The van der Waals surface area contributed by atoms with Crippen LogP contribution in [0.2, 0.25) is 0 Å². The molecule has 0 fully saturated rings. The molecule has 1 N–H and O–H groups in total. The lowest BCUT2D eigenvalue weighted by Gasteiger charge is -2.20. The molecule has 1 amide bonds. The lowest BCUT2D eigenvalue weighted by Crippen LogP contribution is -2.41. The van der Waals surface area contributed by atoms with E-state index in [0.29, 0.717) is 11.0 Å². The van der Waals surface area contributed by atoms with Crippen LogP contribution in [-0.2, 0) is 25.3 Å². The van der Waals surface area contributed by atoms with E-state index in [-0.39, 0.29) is 22.8 Å². The largest absolute Gasteiger partial charge is 0.351 e. The van der Waals surface area contributed by atoms with Gasteiger partial charge in [0.25, 0.3) is 5.56 Å². The van der Waals surface area contributed by atoms with Gasteiger partial charge < -0.3 is 5.32 Å². The van der Waals surface area contributed by atoms with Crippen LogP contribution in [0.5, 0.6) is 0 Å². The van der Waals surface area contributed by atoms with Gasteiger partial charge in [-0.25, -0.2) is 9.78 Å². The molecule has 0 bridgehead atoms. The fourth-order valence-corrected chi connectivity index (χ4v) is 3.76. The Morgan fingerprint density at radius 3 is 2.46 bits per heavy atom. The number of pyridine rings is 1. The molecule has 0 atom stereocenters. The number of nitrogens with zero attached hydrogens (tertiary/aromatic N) is 3. The molecule has 2 aromatic heterocycles. The minimum Gasteiger partial charge on any atom is -0.351 e. The van der Waals surface area contributed by atoms with Gasteiger partial charge in [0.05, 0.1) is 11.1 Å². The first-order valence-electron chi connectivity index (χ1n) is 8.58. The Hall–Kier alpha value is -2.09. The number of hydrogen-bond acceptors (Lipinski definition) is 5. The minimum atomic E-state index is -0.417. The molecule has 26 heavy (non-hydrogen) atoms. The summed E-state index contributed by atoms with van der Waals surface area (Å²) in [4.78, 5) is 42.2. The van der Waals surface area contributed by atoms with Gasteiger partial charge in [0, 0.05) is 30.7 Å². The summed E-state index contributed by atoms with van der Waals surface area (Å²) in [6, 6.07) is 0. The summed E-state index contributed by atoms with van der Waals surface area (Å²) in [6.45, 7) is 7.81. The number of carbonyl (C=O) groups is 1. The van der Waals surface area contributed by atoms with Crippen molar-refractivity contribution in [1.82, 2.24) is 19.4 Å². The van der Waals surface area contributed by atoms with Crippen LogP contribution in [0.25, 0.3) is 11.0 Å². The van der Waals surface area contributed by atoms with Crippen molar-refractivity contribution in [3.63, 3.8) is 0 Å². The van der Waals surface area contributed by atoms with Gasteiger partial charge in [0.2, 0.25) is 5.91 Å². The quantitative estimate of drug-likeness (QED) is 0.799. The van der Waals surface area contributed by atoms with Gasteiger partial charge in [-0.05, 0) is 32.8 Å². The zero-order valence-corrected chi connectivity index (χ0v) is 17.0. The highest BCUT2D eigenvalue weighted by atomic mass is 32.2. The highest BCUT2D eigenvalue weighted by Gasteiger charge is 2.19. The van der Waals surface area contributed by atoms with Crippen LogP contribution in [-0.4, -0.2) is 31.3 Å². The van der Waals surface area contributed by atoms with Crippen LogP contribution in [0.3, 0.4) is 0 Å². The maximum absolute atomic E-state index is 12.7. The van der Waals surface area contributed by atoms with Gasteiger partial charge >= 0.3 is 5.69 Å². The van der Waals surface area contributed by atoms with Gasteiger partial charge in [0.1, 0.15) is 5.65 Å². The Labute approximate surface area is 156 Å². The number of nitrogens with one attached hydrogen (secondary N) is 1. The van der Waals surface area contributed by atoms with Crippen molar-refractivity contribution in [2.75, 3.05) is 5.75 Å². The van der Waals surface area contributed by atoms with E-state index in [2.05, 4.69) is 10.3 Å². The minimum absolute atomic E-state index is 0.100. The molecular weight excluding hydrogens is 352 g/mol. The number of aryl methyl sites for hydroxylation is 2. The average molecular weight is 378 g/mol. The summed E-state index contributed by atoms with van der Waals surface area (Å²) in [7, 11) is 3.05. The van der Waals surface area contributed by atoms with Crippen LogP contribution >= 0.6 is 11.8 Å². The summed E-state index contributed by atoms with van der Waals surface area (Å²) in [5, 5.41) is 3.32. The van der Waals surface area contributed by atoms with E-state index in [4.69, 9.17) is 0 Å². The molecule has 0 aliphatic heterocycles. The maximum Gasteiger partial charge on any atom is 0.332 e. The maximum atomic E-state index is 12.7. The Kier molecular flexibility index (Phi) is 5.95. The van der Waals surface area contributed by atoms with E-state index in [0.717, 1.165) is 27.9 Å². The van der Waals surface area contributed by atoms with Crippen molar-refractivity contribution in [2.45, 2.75) is 51.0 Å². The molecule has 0 aliphatic carbocycles. The molecule has 0 radical (unpaired) electrons. The van der Waals surface area contributed by atoms with Gasteiger partial charge in [-0.15, -0.1) is 11.8 Å². The summed E-state index contributed by atoms with van der Waals surface area (Å²) in [5.41, 5.74) is 0.150. The predicted octanol–water partition coefficient (Wildman–Crippen LogP) is 1.59. The summed E-state index contributed by atoms with van der Waals surface area (Å²) in [6.07, 6.45) is 3.34. The highest BCUT2D eigenvalue weighted by molar-refractivity contribution is 8.00. The normalized spacial score (nSPS) is 11.8. The number of amides is 1. The monoisotopic (exact) mass is 378 g/mol. The molecule has 0 aliphatic rings. The van der Waals surface area contributed by atoms with E-state index in [1.807, 2.05) is 27.7 Å². The molecule has 142 valence electrons. The molecule has 0 unspecified atom stereocenters. The van der Waals surface area contributed by atoms with Gasteiger partial charge in [0.15, 0.2) is 0 Å². The number of carbonyl (C=O) groups excluding carboxylic acids is 1. The van der Waals surface area contributed by atoms with Crippen LogP contribution in [0, 0.1) is 0 Å². The average Bonchev–Trinajstić information content (AvgIpc) is 2.55. The Morgan fingerprint density at radius 1 is 1.23 bits per heavy atom. The van der Waals surface area contributed by atoms with Crippen LogP contribution < -0.4 is 16.6 Å². The van der Waals surface area contributed by atoms with E-state index in [1.54, 1.807) is 13.2 Å². The van der Waals surface area contributed by atoms with Gasteiger partial charge in [-0.3, -0.25) is 18.7 Å². The molecule has 0 aromatic carbocycles. The van der Waals surface area contributed by atoms with Crippen molar-refractivity contribution in [3.05, 3.63) is 32.6 Å². The second-order valence-corrected chi connectivity index (χ2v) is 8.34. The third-order valence-electron chi connectivity index (χ3n) is 3.88. The number of thioether (sulfide) groups is 1. The summed E-state index contributed by atoms with van der Waals surface area (Å²) < 4.78 is 2.45. The third kappa shape index (κ3) is 4.17. The molecule has 2 heterocycles. The van der Waals surface area contributed by atoms with Crippen LogP contribution in [0.4, 0.5) is 0 Å². The molecule has 2 aromatic rings. The Bertz CT molecular complexity index is 954. The fourth-order valence-electron chi connectivity index (χ4n) is 2.75. The molecule has 0 saturated heterocycles. The Balaban J connectivity index is 2.58. The molecule has 2 rings (SSSR count). The number of fused-ring (bicyclic) bond motifs is 1. The Morgan fingerprint density at radius 2 is 1.88 bits per heavy atom. The van der Waals surface area contributed by atoms with E-state index in [1.165, 1.54) is 23.4 Å². The first-order chi connectivity index (χ1) is 12.1. The fraction of sp³-hybridized carbons (Fsp3) is 0.556. The number of hydrogen-bond donors (Lipinski definition) is 1. The number of aromatic nitrogens is 3. The van der Waals surface area contributed by atoms with Crippen molar-refractivity contribution in [1.29, 1.82) is 0 Å². The van der Waals surface area contributed by atoms with Crippen molar-refractivity contribution in [3.8, 4) is 0 Å². The molecular formula is C18H26N4O3S. The molecule has 0 saturated carbocycles. The summed E-state index contributed by atoms with van der Waals surface area (Å²) >= 11 is 1.32. The number of rotatable bonds is 5.